The van der Waals surface area contributed by atoms with Gasteiger partial charge in [0, 0.05) is 56.8 Å². The number of piperazine rings is 1. The van der Waals surface area contributed by atoms with Crippen LogP contribution < -0.4 is 10.6 Å². The lowest BCUT2D eigenvalue weighted by atomic mass is 10.1. The predicted octanol–water partition coefficient (Wildman–Crippen LogP) is 3.35. The number of amides is 1. The third-order valence-corrected chi connectivity index (χ3v) is 6.19. The molecule has 1 aromatic rings. The molecule has 3 rings (SSSR count). The van der Waals surface area contributed by atoms with E-state index in [9.17, 15) is 4.79 Å². The fourth-order valence-electron chi connectivity index (χ4n) is 4.09. The molecule has 1 amide bonds. The summed E-state index contributed by atoms with van der Waals surface area (Å²) in [7, 11) is 0. The molecule has 0 bridgehead atoms. The molecule has 2 fully saturated rings. The summed E-state index contributed by atoms with van der Waals surface area (Å²) < 4.78 is 0. The summed E-state index contributed by atoms with van der Waals surface area (Å²) in [5.41, 5.74) is 1.02. The van der Waals surface area contributed by atoms with Crippen LogP contribution in [0, 0.1) is 5.92 Å². The average Bonchev–Trinajstić information content (AvgIpc) is 3.28. The third kappa shape index (κ3) is 7.57. The molecule has 168 valence electrons. The van der Waals surface area contributed by atoms with Gasteiger partial charge in [-0.05, 0) is 31.4 Å². The van der Waals surface area contributed by atoms with Crippen molar-refractivity contribution in [2.45, 2.75) is 39.2 Å². The van der Waals surface area contributed by atoms with Gasteiger partial charge >= 0.3 is 0 Å². The van der Waals surface area contributed by atoms with E-state index in [2.05, 4.69) is 32.3 Å². The molecular weight excluding hydrogens is 513 g/mol. The minimum absolute atomic E-state index is 0. The summed E-state index contributed by atoms with van der Waals surface area (Å²) in [5.74, 6) is 1.49. The second kappa shape index (κ2) is 13.4. The maximum Gasteiger partial charge on any atom is 0.225 e. The van der Waals surface area contributed by atoms with Gasteiger partial charge in [-0.15, -0.1) is 24.0 Å². The molecular formula is C22H35ClIN5O. The van der Waals surface area contributed by atoms with E-state index in [0.717, 1.165) is 75.2 Å². The van der Waals surface area contributed by atoms with E-state index in [1.165, 1.54) is 12.8 Å². The van der Waals surface area contributed by atoms with Crippen molar-refractivity contribution in [1.82, 2.24) is 20.4 Å². The number of guanidine groups is 1. The number of hydrogen-bond donors (Lipinski definition) is 2. The highest BCUT2D eigenvalue weighted by Crippen LogP contribution is 2.26. The van der Waals surface area contributed by atoms with Crippen LogP contribution in [0.2, 0.25) is 5.02 Å². The van der Waals surface area contributed by atoms with E-state index >= 15 is 0 Å². The average molecular weight is 548 g/mol. The highest BCUT2D eigenvalue weighted by atomic mass is 127. The first-order valence-corrected chi connectivity index (χ1v) is 11.3. The largest absolute Gasteiger partial charge is 0.357 e. The molecule has 1 saturated carbocycles. The second-order valence-corrected chi connectivity index (χ2v) is 8.27. The molecule has 2 N–H and O–H groups in total. The summed E-state index contributed by atoms with van der Waals surface area (Å²) in [6, 6.07) is 7.81. The minimum atomic E-state index is 0. The first-order chi connectivity index (χ1) is 14.2. The van der Waals surface area contributed by atoms with E-state index < -0.39 is 0 Å². The minimum Gasteiger partial charge on any atom is -0.357 e. The van der Waals surface area contributed by atoms with Crippen molar-refractivity contribution in [2.24, 2.45) is 10.9 Å². The van der Waals surface area contributed by atoms with Gasteiger partial charge in [0.2, 0.25) is 5.91 Å². The standard InChI is InChI=1S/C22H34ClN5O.HI/c1-2-24-22(26-17-19-9-5-6-10-20(19)23)25-11-12-27-13-15-28(16-14-27)21(29)18-7-3-4-8-18;/h5-6,9-10,18H,2-4,7-8,11-17H2,1H3,(H2,24,25,26);1H. The Morgan fingerprint density at radius 3 is 2.50 bits per heavy atom. The number of aliphatic imine (C=N–C) groups is 1. The summed E-state index contributed by atoms with van der Waals surface area (Å²) in [6.45, 7) is 8.82. The Hall–Kier alpha value is -1.06. The van der Waals surface area contributed by atoms with E-state index in [-0.39, 0.29) is 24.0 Å². The zero-order valence-corrected chi connectivity index (χ0v) is 21.0. The quantitative estimate of drug-likeness (QED) is 0.312. The third-order valence-electron chi connectivity index (χ3n) is 5.82. The lowest BCUT2D eigenvalue weighted by Crippen LogP contribution is -2.51. The van der Waals surface area contributed by atoms with Gasteiger partial charge in [-0.1, -0.05) is 42.6 Å². The van der Waals surface area contributed by atoms with Crippen LogP contribution in [0.15, 0.2) is 29.3 Å². The maximum atomic E-state index is 12.6. The van der Waals surface area contributed by atoms with Crippen molar-refractivity contribution in [1.29, 1.82) is 0 Å². The zero-order valence-electron chi connectivity index (χ0n) is 17.9. The fourth-order valence-corrected chi connectivity index (χ4v) is 4.28. The van der Waals surface area contributed by atoms with Crippen molar-refractivity contribution in [3.8, 4) is 0 Å². The van der Waals surface area contributed by atoms with E-state index in [4.69, 9.17) is 11.6 Å². The summed E-state index contributed by atoms with van der Waals surface area (Å²) in [4.78, 5) is 21.7. The Kier molecular flexibility index (Phi) is 11.2. The molecule has 1 aliphatic heterocycles. The van der Waals surface area contributed by atoms with Gasteiger partial charge in [-0.3, -0.25) is 9.69 Å². The van der Waals surface area contributed by atoms with Gasteiger partial charge in [-0.25, -0.2) is 4.99 Å². The molecule has 30 heavy (non-hydrogen) atoms. The van der Waals surface area contributed by atoms with Crippen LogP contribution in [0.3, 0.4) is 0 Å². The van der Waals surface area contributed by atoms with Gasteiger partial charge in [0.1, 0.15) is 0 Å². The first kappa shape index (κ1) is 25.2. The van der Waals surface area contributed by atoms with Crippen LogP contribution in [0.1, 0.15) is 38.2 Å². The highest BCUT2D eigenvalue weighted by molar-refractivity contribution is 14.0. The monoisotopic (exact) mass is 547 g/mol. The molecule has 0 spiro atoms. The van der Waals surface area contributed by atoms with Crippen molar-refractivity contribution >= 4 is 47.4 Å². The Labute approximate surface area is 202 Å². The molecule has 1 aliphatic carbocycles. The Bertz CT molecular complexity index is 688. The van der Waals surface area contributed by atoms with Crippen LogP contribution in [0.4, 0.5) is 0 Å². The number of carbonyl (C=O) groups is 1. The van der Waals surface area contributed by atoms with Gasteiger partial charge in [0.05, 0.1) is 6.54 Å². The van der Waals surface area contributed by atoms with E-state index in [0.29, 0.717) is 18.4 Å². The van der Waals surface area contributed by atoms with E-state index in [1.54, 1.807) is 0 Å². The van der Waals surface area contributed by atoms with Crippen molar-refractivity contribution in [2.75, 3.05) is 45.8 Å². The molecule has 0 aromatic heterocycles. The normalized spacial score (nSPS) is 18.2. The molecule has 0 atom stereocenters. The molecule has 0 unspecified atom stereocenters. The number of benzene rings is 1. The number of hydrogen-bond acceptors (Lipinski definition) is 3. The van der Waals surface area contributed by atoms with Crippen molar-refractivity contribution < 1.29 is 4.79 Å². The number of nitrogens with zero attached hydrogens (tertiary/aromatic N) is 3. The molecule has 2 aliphatic rings. The van der Waals surface area contributed by atoms with Gasteiger partial charge in [0.25, 0.3) is 0 Å². The lowest BCUT2D eigenvalue weighted by Gasteiger charge is -2.36. The van der Waals surface area contributed by atoms with E-state index in [1.807, 2.05) is 24.3 Å². The maximum absolute atomic E-state index is 12.6. The number of halogens is 2. The smallest absolute Gasteiger partial charge is 0.225 e. The van der Waals surface area contributed by atoms with Crippen LogP contribution in [-0.2, 0) is 11.3 Å². The van der Waals surface area contributed by atoms with Crippen LogP contribution >= 0.6 is 35.6 Å². The Morgan fingerprint density at radius 1 is 1.13 bits per heavy atom. The second-order valence-electron chi connectivity index (χ2n) is 7.86. The van der Waals surface area contributed by atoms with Crippen molar-refractivity contribution in [3.05, 3.63) is 34.9 Å². The summed E-state index contributed by atoms with van der Waals surface area (Å²) >= 11 is 6.22. The number of carbonyl (C=O) groups excluding carboxylic acids is 1. The van der Waals surface area contributed by atoms with Gasteiger partial charge in [0.15, 0.2) is 5.96 Å². The number of rotatable bonds is 7. The Balaban J connectivity index is 0.00000320. The molecule has 6 nitrogen and oxygen atoms in total. The SMILES string of the molecule is CCNC(=NCc1ccccc1Cl)NCCN1CCN(C(=O)C2CCCC2)CC1.I. The van der Waals surface area contributed by atoms with Crippen molar-refractivity contribution in [3.63, 3.8) is 0 Å². The first-order valence-electron chi connectivity index (χ1n) is 10.9. The molecule has 1 heterocycles. The van der Waals surface area contributed by atoms with Gasteiger partial charge in [-0.2, -0.15) is 0 Å². The Morgan fingerprint density at radius 2 is 1.83 bits per heavy atom. The van der Waals surface area contributed by atoms with Crippen LogP contribution in [0.25, 0.3) is 0 Å². The van der Waals surface area contributed by atoms with Gasteiger partial charge < -0.3 is 15.5 Å². The zero-order chi connectivity index (χ0) is 20.5. The molecule has 1 saturated heterocycles. The fraction of sp³-hybridized carbons (Fsp3) is 0.636. The molecule has 0 radical (unpaired) electrons. The molecule has 1 aromatic carbocycles. The van der Waals surface area contributed by atoms with Crippen LogP contribution in [0.5, 0.6) is 0 Å². The predicted molar refractivity (Wildman–Crippen MR) is 135 cm³/mol. The number of nitrogens with one attached hydrogen (secondary N) is 2. The highest BCUT2D eigenvalue weighted by Gasteiger charge is 2.29. The van der Waals surface area contributed by atoms with Crippen LogP contribution in [-0.4, -0.2) is 67.5 Å². The molecule has 8 heteroatoms. The topological polar surface area (TPSA) is 60.0 Å². The summed E-state index contributed by atoms with van der Waals surface area (Å²) in [5, 5.41) is 7.45. The summed E-state index contributed by atoms with van der Waals surface area (Å²) in [6.07, 6.45) is 4.61. The lowest BCUT2D eigenvalue weighted by molar-refractivity contribution is -0.137.